The van der Waals surface area contributed by atoms with E-state index in [0.717, 1.165) is 36.6 Å². The lowest BCUT2D eigenvalue weighted by Crippen LogP contribution is -2.20. The summed E-state index contributed by atoms with van der Waals surface area (Å²) in [5.41, 5.74) is 4.30. The molecule has 7 heteroatoms. The van der Waals surface area contributed by atoms with Crippen LogP contribution in [-0.2, 0) is 12.4 Å². The molecule has 0 amide bonds. The van der Waals surface area contributed by atoms with Crippen LogP contribution in [0.1, 0.15) is 35.4 Å². The quantitative estimate of drug-likeness (QED) is 0.742. The summed E-state index contributed by atoms with van der Waals surface area (Å²) in [4.78, 5) is 10.4. The second-order valence-electron chi connectivity index (χ2n) is 7.46. The van der Waals surface area contributed by atoms with Gasteiger partial charge in [0, 0.05) is 55.8 Å². The first-order valence-electron chi connectivity index (χ1n) is 10.1. The van der Waals surface area contributed by atoms with E-state index >= 15 is 0 Å². The number of hydrogen-bond acceptors (Lipinski definition) is 4. The normalized spacial score (nSPS) is 21.1. The fourth-order valence-corrected chi connectivity index (χ4v) is 3.13. The van der Waals surface area contributed by atoms with Gasteiger partial charge in [-0.15, -0.1) is 11.6 Å². The highest BCUT2D eigenvalue weighted by atomic mass is 35.5. The van der Waals surface area contributed by atoms with Gasteiger partial charge in [-0.1, -0.05) is 12.1 Å². The number of likely N-dealkylation sites (tertiary alicyclic amines) is 1. The van der Waals surface area contributed by atoms with Crippen molar-refractivity contribution in [3.8, 4) is 0 Å². The third-order valence-corrected chi connectivity index (χ3v) is 5.03. The summed E-state index contributed by atoms with van der Waals surface area (Å²) in [6.45, 7) is 7.63. The van der Waals surface area contributed by atoms with E-state index in [-0.39, 0.29) is 0 Å². The van der Waals surface area contributed by atoms with Crippen LogP contribution >= 0.6 is 11.6 Å². The van der Waals surface area contributed by atoms with Gasteiger partial charge in [-0.3, -0.25) is 14.9 Å². The Morgan fingerprint density at radius 1 is 1.00 bits per heavy atom. The lowest BCUT2D eigenvalue weighted by molar-refractivity contribution is 0.282. The molecule has 160 valence electrons. The standard InChI is InChI=1S/C11H15FN2.C7H8ClN.C4H8FN/c1-9-2-3-10(6-13-9)7-14-5-4-11(12)8-14;1-6-2-3-7(4-8)5-9-6;5-4-1-2-6-3-4/h2-3,6,11H,4-5,7-8H2,1H3;2-3,5H,4H2,1H3;4,6H,1-3H2/t11-;;4-/m0.0/s1. The number of nitrogens with zero attached hydrogens (tertiary/aromatic N) is 3. The topological polar surface area (TPSA) is 41.1 Å². The first-order chi connectivity index (χ1) is 14.0. The Bertz CT molecular complexity index is 691. The van der Waals surface area contributed by atoms with Gasteiger partial charge in [0.25, 0.3) is 0 Å². The van der Waals surface area contributed by atoms with Gasteiger partial charge in [0.05, 0.1) is 0 Å². The van der Waals surface area contributed by atoms with E-state index in [9.17, 15) is 8.78 Å². The second kappa shape index (κ2) is 12.8. The number of halogens is 3. The minimum atomic E-state index is -0.631. The van der Waals surface area contributed by atoms with E-state index in [4.69, 9.17) is 11.6 Å². The molecule has 2 saturated heterocycles. The minimum absolute atomic E-state index is 0.549. The van der Waals surface area contributed by atoms with Gasteiger partial charge in [0.15, 0.2) is 0 Å². The van der Waals surface area contributed by atoms with Crippen molar-refractivity contribution < 1.29 is 8.78 Å². The number of aryl methyl sites for hydroxylation is 2. The van der Waals surface area contributed by atoms with Crippen LogP contribution in [0.25, 0.3) is 0 Å². The Hall–Kier alpha value is -1.63. The summed E-state index contributed by atoms with van der Waals surface area (Å²) in [5.74, 6) is 0.549. The van der Waals surface area contributed by atoms with Crippen LogP contribution in [0.5, 0.6) is 0 Å². The van der Waals surface area contributed by atoms with E-state index in [1.54, 1.807) is 6.20 Å². The van der Waals surface area contributed by atoms with Gasteiger partial charge >= 0.3 is 0 Å². The van der Waals surface area contributed by atoms with Crippen molar-refractivity contribution in [1.82, 2.24) is 20.2 Å². The molecule has 2 aliphatic rings. The summed E-state index contributed by atoms with van der Waals surface area (Å²) in [6.07, 6.45) is 3.86. The highest BCUT2D eigenvalue weighted by molar-refractivity contribution is 6.17. The molecule has 4 heterocycles. The predicted molar refractivity (Wildman–Crippen MR) is 115 cm³/mol. The zero-order chi connectivity index (χ0) is 21.1. The van der Waals surface area contributed by atoms with Crippen LogP contribution in [0.15, 0.2) is 36.7 Å². The molecule has 2 fully saturated rings. The van der Waals surface area contributed by atoms with E-state index in [1.165, 1.54) is 5.56 Å². The molecule has 2 aliphatic heterocycles. The summed E-state index contributed by atoms with van der Waals surface area (Å²) >= 11 is 5.54. The van der Waals surface area contributed by atoms with Crippen molar-refractivity contribution in [2.45, 2.75) is 51.5 Å². The van der Waals surface area contributed by atoms with Crippen LogP contribution in [0.3, 0.4) is 0 Å². The first kappa shape index (κ1) is 23.6. The number of rotatable bonds is 3. The average molecular weight is 425 g/mol. The maximum atomic E-state index is 12.9. The van der Waals surface area contributed by atoms with Gasteiger partial charge in [0.2, 0.25) is 0 Å². The van der Waals surface area contributed by atoms with Crippen LogP contribution in [0.2, 0.25) is 0 Å². The summed E-state index contributed by atoms with van der Waals surface area (Å²) in [6, 6.07) is 8.00. The number of aromatic nitrogens is 2. The van der Waals surface area contributed by atoms with Gasteiger partial charge in [-0.2, -0.15) is 0 Å². The monoisotopic (exact) mass is 424 g/mol. The molecular formula is C22H31ClF2N4. The van der Waals surface area contributed by atoms with E-state index in [1.807, 2.05) is 38.2 Å². The predicted octanol–water partition coefficient (Wildman–Crippen LogP) is 4.38. The van der Waals surface area contributed by atoms with Gasteiger partial charge in [0.1, 0.15) is 12.3 Å². The highest BCUT2D eigenvalue weighted by Gasteiger charge is 2.21. The molecule has 0 spiro atoms. The molecule has 4 rings (SSSR count). The smallest absolute Gasteiger partial charge is 0.114 e. The van der Waals surface area contributed by atoms with Crippen molar-refractivity contribution in [2.24, 2.45) is 0 Å². The Labute approximate surface area is 177 Å². The van der Waals surface area contributed by atoms with Crippen molar-refractivity contribution in [2.75, 3.05) is 26.2 Å². The molecule has 0 saturated carbocycles. The maximum Gasteiger partial charge on any atom is 0.114 e. The van der Waals surface area contributed by atoms with Gasteiger partial charge < -0.3 is 5.32 Å². The van der Waals surface area contributed by atoms with E-state index in [2.05, 4.69) is 26.3 Å². The van der Waals surface area contributed by atoms with E-state index in [0.29, 0.717) is 31.8 Å². The lowest BCUT2D eigenvalue weighted by atomic mass is 10.2. The van der Waals surface area contributed by atoms with Crippen molar-refractivity contribution >= 4 is 11.6 Å². The number of nitrogens with one attached hydrogen (secondary N) is 1. The average Bonchev–Trinajstić information content (AvgIpc) is 3.36. The Morgan fingerprint density at radius 2 is 1.66 bits per heavy atom. The summed E-state index contributed by atoms with van der Waals surface area (Å²) in [5, 5.41) is 2.90. The number of pyridine rings is 2. The minimum Gasteiger partial charge on any atom is -0.314 e. The van der Waals surface area contributed by atoms with Gasteiger partial charge in [-0.25, -0.2) is 8.78 Å². The molecular weight excluding hydrogens is 394 g/mol. The first-order valence-corrected chi connectivity index (χ1v) is 10.6. The van der Waals surface area contributed by atoms with Crippen molar-refractivity contribution in [3.05, 3.63) is 59.2 Å². The SMILES string of the molecule is Cc1ccc(CCl)cn1.Cc1ccc(CN2CC[C@H](F)C2)cn1.F[C@H]1CCNC1. The molecule has 0 unspecified atom stereocenters. The molecule has 4 nitrogen and oxygen atoms in total. The van der Waals surface area contributed by atoms with Crippen LogP contribution in [0, 0.1) is 13.8 Å². The number of alkyl halides is 3. The van der Waals surface area contributed by atoms with Crippen LogP contribution in [-0.4, -0.2) is 53.4 Å². The summed E-state index contributed by atoms with van der Waals surface area (Å²) < 4.78 is 24.7. The highest BCUT2D eigenvalue weighted by Crippen LogP contribution is 2.15. The second-order valence-corrected chi connectivity index (χ2v) is 7.73. The zero-order valence-corrected chi connectivity index (χ0v) is 18.0. The molecule has 0 radical (unpaired) electrons. The van der Waals surface area contributed by atoms with Crippen molar-refractivity contribution in [1.29, 1.82) is 0 Å². The molecule has 2 aromatic rings. The third-order valence-electron chi connectivity index (χ3n) is 4.72. The molecule has 1 N–H and O–H groups in total. The van der Waals surface area contributed by atoms with Gasteiger partial charge in [-0.05, 0) is 56.5 Å². The fourth-order valence-electron chi connectivity index (χ4n) is 2.98. The maximum absolute atomic E-state index is 12.9. The number of hydrogen-bond donors (Lipinski definition) is 1. The largest absolute Gasteiger partial charge is 0.314 e. The molecule has 0 bridgehead atoms. The lowest BCUT2D eigenvalue weighted by Gasteiger charge is -2.13. The Kier molecular flexibility index (Phi) is 10.5. The Balaban J connectivity index is 0.000000171. The van der Waals surface area contributed by atoms with Crippen LogP contribution < -0.4 is 5.32 Å². The molecule has 2 atom stereocenters. The molecule has 0 aliphatic carbocycles. The third kappa shape index (κ3) is 9.61. The molecule has 0 aromatic carbocycles. The molecule has 29 heavy (non-hydrogen) atoms. The summed E-state index contributed by atoms with van der Waals surface area (Å²) in [7, 11) is 0. The van der Waals surface area contributed by atoms with Crippen LogP contribution in [0.4, 0.5) is 8.78 Å². The molecule has 2 aromatic heterocycles. The van der Waals surface area contributed by atoms with Crippen molar-refractivity contribution in [3.63, 3.8) is 0 Å². The zero-order valence-electron chi connectivity index (χ0n) is 17.3. The fraction of sp³-hybridized carbons (Fsp3) is 0.545. The Morgan fingerprint density at radius 3 is 2.03 bits per heavy atom. The van der Waals surface area contributed by atoms with E-state index < -0.39 is 12.3 Å².